The van der Waals surface area contributed by atoms with E-state index >= 15 is 0 Å². The number of carbonyl (C=O) groups is 2. The smallest absolute Gasteiger partial charge is 1.00 e. The van der Waals surface area contributed by atoms with E-state index in [0.29, 0.717) is 32.8 Å². The maximum absolute atomic E-state index is 12.1. The second-order valence-electron chi connectivity index (χ2n) is 16.8. The van der Waals surface area contributed by atoms with Gasteiger partial charge in [-0.15, -0.1) is 0 Å². The van der Waals surface area contributed by atoms with Crippen molar-refractivity contribution in [3.63, 3.8) is 0 Å². The quantitative estimate of drug-likeness (QED) is 0.0248. The minimum absolute atomic E-state index is 0. The average Bonchev–Trinajstić information content (AvgIpc) is 4.04. The van der Waals surface area contributed by atoms with Gasteiger partial charge in [-0.2, -0.15) is 0 Å². The number of rotatable bonds is 35. The fraction of sp³-hybridized carbons (Fsp3) is 0.596. The summed E-state index contributed by atoms with van der Waals surface area (Å²) >= 11 is 0. The first-order chi connectivity index (χ1) is 32.3. The third-order valence-electron chi connectivity index (χ3n) is 10.9. The normalized spacial score (nSPS) is 11.2. The largest absolute Gasteiger partial charge is 1.00 e. The SMILES string of the molecule is CCCN(CCC)CCCCN(CC(=O)OCC)Cc1ccc(CN=Cc2ncc[nH]2)cc1.CCCN(CCC)CCCCN(CC(=O)OCC)Cc1ccc(CNCc2ncc[nH]2)cc1.[B].[H-].[Na+]. The van der Waals surface area contributed by atoms with E-state index in [2.05, 4.69) is 126 Å². The van der Waals surface area contributed by atoms with E-state index in [-0.39, 0.29) is 51.3 Å². The summed E-state index contributed by atoms with van der Waals surface area (Å²) in [5.41, 5.74) is 4.78. The Hall–Kier alpha value is -3.67. The average molecular weight is 948 g/mol. The number of H-pyrrole nitrogens is 2. The van der Waals surface area contributed by atoms with Gasteiger partial charge < -0.3 is 36.0 Å². The maximum atomic E-state index is 12.1. The second kappa shape index (κ2) is 40.1. The van der Waals surface area contributed by atoms with Crippen LogP contribution in [0.25, 0.3) is 0 Å². The summed E-state index contributed by atoms with van der Waals surface area (Å²) in [7, 11) is 0. The van der Waals surface area contributed by atoms with Gasteiger partial charge in [0.25, 0.3) is 0 Å². The van der Waals surface area contributed by atoms with Crippen molar-refractivity contribution in [2.24, 2.45) is 4.99 Å². The van der Waals surface area contributed by atoms with Gasteiger partial charge in [0, 0.05) is 52.8 Å². The number of aromatic amines is 2. The molecule has 0 spiro atoms. The zero-order valence-corrected chi connectivity index (χ0v) is 45.0. The molecule has 0 atom stereocenters. The van der Waals surface area contributed by atoms with Crippen LogP contribution < -0.4 is 34.9 Å². The van der Waals surface area contributed by atoms with Gasteiger partial charge in [0.15, 0.2) is 0 Å². The topological polar surface area (TPSA) is 147 Å². The maximum Gasteiger partial charge on any atom is 1.00 e. The van der Waals surface area contributed by atoms with Crippen LogP contribution >= 0.6 is 0 Å². The van der Waals surface area contributed by atoms with E-state index in [4.69, 9.17) is 9.47 Å². The monoisotopic (exact) mass is 948 g/mol. The van der Waals surface area contributed by atoms with Crippen LogP contribution in [0.2, 0.25) is 0 Å². The Kier molecular flexibility index (Phi) is 36.8. The molecule has 0 aliphatic rings. The number of nitrogens with zero attached hydrogens (tertiary/aromatic N) is 7. The first-order valence-electron chi connectivity index (χ1n) is 24.8. The van der Waals surface area contributed by atoms with Crippen LogP contribution in [0.15, 0.2) is 78.3 Å². The Morgan fingerprint density at radius 3 is 1.43 bits per heavy atom. The Balaban J connectivity index is 0.00000128. The molecule has 0 aliphatic carbocycles. The number of unbranched alkanes of at least 4 members (excludes halogenated alkanes) is 2. The number of hydrogen-bond acceptors (Lipinski definition) is 12. The van der Waals surface area contributed by atoms with Crippen LogP contribution in [0.4, 0.5) is 0 Å². The molecule has 3 radical (unpaired) electrons. The number of carbonyl (C=O) groups excluding carboxylic acids is 2. The zero-order chi connectivity index (χ0) is 47.5. The third kappa shape index (κ3) is 28.7. The third-order valence-corrected chi connectivity index (χ3v) is 10.9. The molecule has 0 fully saturated rings. The van der Waals surface area contributed by atoms with Gasteiger partial charge in [0.05, 0.1) is 45.6 Å². The molecule has 2 aromatic heterocycles. The van der Waals surface area contributed by atoms with Crippen LogP contribution in [-0.4, -0.2) is 145 Å². The summed E-state index contributed by atoms with van der Waals surface area (Å²) in [5, 5.41) is 3.40. The molecule has 4 rings (SSSR count). The number of benzene rings is 2. The van der Waals surface area contributed by atoms with Gasteiger partial charge in [-0.3, -0.25) is 24.4 Å². The fourth-order valence-corrected chi connectivity index (χ4v) is 7.82. The van der Waals surface area contributed by atoms with Crippen molar-refractivity contribution >= 4 is 26.6 Å². The van der Waals surface area contributed by atoms with Gasteiger partial charge >= 0.3 is 41.5 Å². The summed E-state index contributed by atoms with van der Waals surface area (Å²) in [6.07, 6.45) is 18.1. The number of imidazole rings is 2. The first kappa shape index (κ1) is 62.4. The van der Waals surface area contributed by atoms with E-state index in [0.717, 1.165) is 108 Å². The Labute approximate surface area is 435 Å². The molecule has 68 heavy (non-hydrogen) atoms. The van der Waals surface area contributed by atoms with Crippen LogP contribution in [-0.2, 0) is 51.8 Å². The second-order valence-corrected chi connectivity index (χ2v) is 16.8. The Bertz CT molecular complexity index is 1810. The molecule has 2 heterocycles. The van der Waals surface area contributed by atoms with Gasteiger partial charge in [0.1, 0.15) is 11.6 Å². The molecule has 0 unspecified atom stereocenters. The number of hydrogen-bond donors (Lipinski definition) is 3. The molecular weight excluding hydrogens is 862 g/mol. The number of aromatic nitrogens is 4. The summed E-state index contributed by atoms with van der Waals surface area (Å²) in [6, 6.07) is 17.1. The molecule has 14 nitrogen and oxygen atoms in total. The van der Waals surface area contributed by atoms with Crippen LogP contribution in [0, 0.1) is 0 Å². The van der Waals surface area contributed by atoms with E-state index in [1.165, 1.54) is 55.5 Å². The van der Waals surface area contributed by atoms with Crippen molar-refractivity contribution in [2.45, 2.75) is 126 Å². The van der Waals surface area contributed by atoms with Crippen LogP contribution in [0.1, 0.15) is 128 Å². The predicted octanol–water partition coefficient (Wildman–Crippen LogP) is 5.00. The molecule has 0 saturated carbocycles. The molecule has 0 saturated heterocycles. The summed E-state index contributed by atoms with van der Waals surface area (Å²) in [5.74, 6) is 1.40. The van der Waals surface area contributed by atoms with Crippen LogP contribution in [0.3, 0.4) is 0 Å². The molecule has 0 bridgehead atoms. The molecule has 16 heteroatoms. The van der Waals surface area contributed by atoms with Crippen molar-refractivity contribution in [2.75, 3.05) is 78.7 Å². The number of nitrogens with one attached hydrogen (secondary N) is 3. The molecule has 0 aliphatic heterocycles. The Morgan fingerprint density at radius 2 is 1.01 bits per heavy atom. The Morgan fingerprint density at radius 1 is 0.588 bits per heavy atom. The molecular formula is C52H85BN10NaO4. The minimum atomic E-state index is -0.153. The number of esters is 2. The summed E-state index contributed by atoms with van der Waals surface area (Å²) in [6.45, 7) is 26.5. The molecule has 4 aromatic rings. The zero-order valence-electron chi connectivity index (χ0n) is 44.0. The minimum Gasteiger partial charge on any atom is -1.00 e. The van der Waals surface area contributed by atoms with E-state index < -0.39 is 0 Å². The van der Waals surface area contributed by atoms with E-state index in [1.807, 2.05) is 20.0 Å². The van der Waals surface area contributed by atoms with Gasteiger partial charge in [0.2, 0.25) is 0 Å². The van der Waals surface area contributed by atoms with Crippen molar-refractivity contribution < 1.29 is 50.0 Å². The van der Waals surface area contributed by atoms with Crippen molar-refractivity contribution in [3.8, 4) is 0 Å². The van der Waals surface area contributed by atoms with Crippen molar-refractivity contribution in [1.82, 2.24) is 44.9 Å². The van der Waals surface area contributed by atoms with E-state index in [1.54, 1.807) is 24.8 Å². The molecule has 2 aromatic carbocycles. The fourth-order valence-electron chi connectivity index (χ4n) is 7.82. The molecule has 371 valence electrons. The van der Waals surface area contributed by atoms with Gasteiger partial charge in [-0.1, -0.05) is 76.2 Å². The predicted molar refractivity (Wildman–Crippen MR) is 275 cm³/mol. The first-order valence-corrected chi connectivity index (χ1v) is 24.8. The molecule has 3 N–H and O–H groups in total. The van der Waals surface area contributed by atoms with Crippen LogP contribution in [0.5, 0.6) is 0 Å². The standard InChI is InChI=1S/C26H43N5O2.C26H41N5O2.B.Na.H/c2*1-4-15-30(16-5-2)17-7-8-18-31(22-26(32)33-6-3)21-24-11-9-23(10-12-24)19-27-20-25-28-13-14-29-25;;;/h9-14,27H,4-8,15-22H2,1-3H3,(H,28,29);9-14,20H,4-8,15-19,21-22H2,1-3H3,(H,28,29);;;/q;;;+1;-1. The van der Waals surface area contributed by atoms with Gasteiger partial charge in [-0.05, 0) is 140 Å². The summed E-state index contributed by atoms with van der Waals surface area (Å²) < 4.78 is 10.4. The number of ether oxygens (including phenoxy) is 2. The van der Waals surface area contributed by atoms with Crippen molar-refractivity contribution in [3.05, 3.63) is 107 Å². The van der Waals surface area contributed by atoms with Crippen molar-refractivity contribution in [1.29, 1.82) is 0 Å². The number of aliphatic imine (C=N–C) groups is 1. The van der Waals surface area contributed by atoms with E-state index in [9.17, 15) is 9.59 Å². The van der Waals surface area contributed by atoms with Gasteiger partial charge in [-0.25, -0.2) is 9.97 Å². The molecule has 0 amide bonds. The summed E-state index contributed by atoms with van der Waals surface area (Å²) in [4.78, 5) is 52.7.